The number of pyridine rings is 1. The number of piperidine rings is 1. The summed E-state index contributed by atoms with van der Waals surface area (Å²) in [5, 5.41) is 8.73. The molecule has 0 saturated carbocycles. The van der Waals surface area contributed by atoms with Crippen molar-refractivity contribution < 1.29 is 18.3 Å². The van der Waals surface area contributed by atoms with Crippen LogP contribution in [0.1, 0.15) is 19.3 Å². The van der Waals surface area contributed by atoms with Crippen molar-refractivity contribution in [1.82, 2.24) is 9.29 Å². The minimum atomic E-state index is -3.49. The average Bonchev–Trinajstić information content (AvgIpc) is 2.47. The van der Waals surface area contributed by atoms with Crippen LogP contribution in [0.3, 0.4) is 0 Å². The van der Waals surface area contributed by atoms with Crippen molar-refractivity contribution in [3.8, 4) is 0 Å². The summed E-state index contributed by atoms with van der Waals surface area (Å²) in [6, 6.07) is 3.00. The van der Waals surface area contributed by atoms with Crippen LogP contribution >= 0.6 is 0 Å². The number of carbonyl (C=O) groups is 1. The van der Waals surface area contributed by atoms with Gasteiger partial charge in [0.05, 0.1) is 0 Å². The number of rotatable bonds is 5. The van der Waals surface area contributed by atoms with Crippen molar-refractivity contribution in [3.05, 3.63) is 18.3 Å². The molecule has 8 heteroatoms. The first-order valence-corrected chi connectivity index (χ1v) is 8.24. The molecule has 0 spiro atoms. The Kier molecular flexibility index (Phi) is 4.79. The smallest absolute Gasteiger partial charge is 0.323 e. The summed E-state index contributed by atoms with van der Waals surface area (Å²) in [6.45, 7) is 0.900. The van der Waals surface area contributed by atoms with E-state index in [0.29, 0.717) is 18.9 Å². The number of carboxylic acids is 1. The summed E-state index contributed by atoms with van der Waals surface area (Å²) in [4.78, 5) is 16.3. The lowest BCUT2D eigenvalue weighted by molar-refractivity contribution is -0.135. The molecule has 1 N–H and O–H groups in total. The Morgan fingerprint density at radius 3 is 2.52 bits per heavy atom. The zero-order valence-electron chi connectivity index (χ0n) is 11.9. The second-order valence-electron chi connectivity index (χ2n) is 5.07. The Hall–Kier alpha value is -1.67. The van der Waals surface area contributed by atoms with E-state index in [1.54, 1.807) is 7.05 Å². The summed E-state index contributed by atoms with van der Waals surface area (Å²) < 4.78 is 26.3. The number of aromatic nitrogens is 1. The number of sulfonamides is 1. The Bertz CT molecular complexity index is 594. The third-order valence-corrected chi connectivity index (χ3v) is 5.32. The summed E-state index contributed by atoms with van der Waals surface area (Å²) in [5.74, 6) is -0.542. The highest BCUT2D eigenvalue weighted by Gasteiger charge is 2.26. The zero-order valence-corrected chi connectivity index (χ0v) is 12.7. The van der Waals surface area contributed by atoms with E-state index in [9.17, 15) is 13.2 Å². The van der Waals surface area contributed by atoms with E-state index in [2.05, 4.69) is 4.98 Å². The third-order valence-electron chi connectivity index (χ3n) is 3.44. The van der Waals surface area contributed by atoms with E-state index in [0.717, 1.165) is 19.3 Å². The van der Waals surface area contributed by atoms with Gasteiger partial charge in [0.2, 0.25) is 10.0 Å². The molecule has 0 radical (unpaired) electrons. The van der Waals surface area contributed by atoms with Crippen molar-refractivity contribution in [1.29, 1.82) is 0 Å². The molecule has 0 aliphatic carbocycles. The standard InChI is InChI=1S/C13H19N3O4S/c1-15(10-13(17)18)12-6-5-11(9-14-12)21(19,20)16-7-3-2-4-8-16/h5-6,9H,2-4,7-8,10H2,1H3,(H,17,18). The van der Waals surface area contributed by atoms with E-state index in [-0.39, 0.29) is 11.4 Å². The Balaban J connectivity index is 2.16. The Labute approximate surface area is 124 Å². The van der Waals surface area contributed by atoms with Gasteiger partial charge in [-0.1, -0.05) is 6.42 Å². The van der Waals surface area contributed by atoms with Crippen LogP contribution in [0.5, 0.6) is 0 Å². The molecule has 0 aromatic carbocycles. The molecule has 0 unspecified atom stereocenters. The van der Waals surface area contributed by atoms with Crippen molar-refractivity contribution in [3.63, 3.8) is 0 Å². The molecule has 2 heterocycles. The lowest BCUT2D eigenvalue weighted by Gasteiger charge is -2.26. The van der Waals surface area contributed by atoms with Gasteiger partial charge in [-0.25, -0.2) is 13.4 Å². The number of anilines is 1. The third kappa shape index (κ3) is 3.70. The SMILES string of the molecule is CN(CC(=O)O)c1ccc(S(=O)(=O)N2CCCCC2)cn1. The minimum absolute atomic E-state index is 0.150. The summed E-state index contributed by atoms with van der Waals surface area (Å²) in [6.07, 6.45) is 4.11. The Morgan fingerprint density at radius 2 is 2.00 bits per heavy atom. The fourth-order valence-electron chi connectivity index (χ4n) is 2.29. The molecule has 0 amide bonds. The maximum atomic E-state index is 12.4. The van der Waals surface area contributed by atoms with Crippen LogP contribution in [0.4, 0.5) is 5.82 Å². The molecule has 2 rings (SSSR count). The second kappa shape index (κ2) is 6.40. The van der Waals surface area contributed by atoms with E-state index >= 15 is 0 Å². The molecule has 1 aliphatic heterocycles. The second-order valence-corrected chi connectivity index (χ2v) is 7.00. The van der Waals surface area contributed by atoms with Crippen molar-refractivity contribution in [2.75, 3.05) is 31.6 Å². The van der Waals surface area contributed by atoms with Crippen molar-refractivity contribution in [2.24, 2.45) is 0 Å². The predicted octanol–water partition coefficient (Wildman–Crippen LogP) is 0.777. The molecule has 1 aromatic heterocycles. The highest BCUT2D eigenvalue weighted by atomic mass is 32.2. The molecular formula is C13H19N3O4S. The van der Waals surface area contributed by atoms with Gasteiger partial charge in [0.15, 0.2) is 0 Å². The van der Waals surface area contributed by atoms with Gasteiger partial charge in [-0.15, -0.1) is 0 Å². The first-order chi connectivity index (χ1) is 9.91. The molecular weight excluding hydrogens is 294 g/mol. The van der Waals surface area contributed by atoms with Gasteiger partial charge in [0.1, 0.15) is 17.3 Å². The number of aliphatic carboxylic acids is 1. The van der Waals surface area contributed by atoms with Gasteiger partial charge in [-0.2, -0.15) is 4.31 Å². The molecule has 0 atom stereocenters. The van der Waals surface area contributed by atoms with E-state index in [1.807, 2.05) is 0 Å². The molecule has 1 fully saturated rings. The van der Waals surface area contributed by atoms with Gasteiger partial charge < -0.3 is 10.0 Å². The van der Waals surface area contributed by atoms with Crippen LogP contribution < -0.4 is 4.90 Å². The minimum Gasteiger partial charge on any atom is -0.480 e. The van der Waals surface area contributed by atoms with E-state index in [1.165, 1.54) is 27.5 Å². The van der Waals surface area contributed by atoms with Crippen LogP contribution in [0, 0.1) is 0 Å². The first kappa shape index (κ1) is 15.7. The largest absolute Gasteiger partial charge is 0.480 e. The first-order valence-electron chi connectivity index (χ1n) is 6.80. The molecule has 7 nitrogen and oxygen atoms in total. The number of hydrogen-bond acceptors (Lipinski definition) is 5. The van der Waals surface area contributed by atoms with Crippen LogP contribution in [-0.2, 0) is 14.8 Å². The molecule has 116 valence electrons. The Morgan fingerprint density at radius 1 is 1.33 bits per heavy atom. The topological polar surface area (TPSA) is 90.8 Å². The lowest BCUT2D eigenvalue weighted by atomic mass is 10.2. The van der Waals surface area contributed by atoms with Gasteiger partial charge in [0.25, 0.3) is 0 Å². The molecule has 1 aliphatic rings. The molecule has 0 bridgehead atoms. The van der Waals surface area contributed by atoms with Gasteiger partial charge in [-0.05, 0) is 25.0 Å². The predicted molar refractivity (Wildman–Crippen MR) is 77.8 cm³/mol. The number of nitrogens with zero attached hydrogens (tertiary/aromatic N) is 3. The van der Waals surface area contributed by atoms with Gasteiger partial charge in [-0.3, -0.25) is 4.79 Å². The monoisotopic (exact) mass is 313 g/mol. The van der Waals surface area contributed by atoms with E-state index < -0.39 is 16.0 Å². The van der Waals surface area contributed by atoms with Crippen LogP contribution in [-0.4, -0.2) is 55.5 Å². The average molecular weight is 313 g/mol. The maximum absolute atomic E-state index is 12.4. The highest BCUT2D eigenvalue weighted by molar-refractivity contribution is 7.89. The number of hydrogen-bond donors (Lipinski definition) is 1. The fourth-order valence-corrected chi connectivity index (χ4v) is 3.75. The zero-order chi connectivity index (χ0) is 15.5. The maximum Gasteiger partial charge on any atom is 0.323 e. The quantitative estimate of drug-likeness (QED) is 0.863. The summed E-state index contributed by atoms with van der Waals surface area (Å²) >= 11 is 0. The molecule has 1 saturated heterocycles. The van der Waals surface area contributed by atoms with Crippen LogP contribution in [0.25, 0.3) is 0 Å². The van der Waals surface area contributed by atoms with Crippen LogP contribution in [0.2, 0.25) is 0 Å². The lowest BCUT2D eigenvalue weighted by Crippen LogP contribution is -2.35. The molecule has 1 aromatic rings. The number of likely N-dealkylation sites (N-methyl/N-ethyl adjacent to an activating group) is 1. The molecule has 21 heavy (non-hydrogen) atoms. The van der Waals surface area contributed by atoms with Crippen molar-refractivity contribution in [2.45, 2.75) is 24.2 Å². The fraction of sp³-hybridized carbons (Fsp3) is 0.538. The summed E-state index contributed by atoms with van der Waals surface area (Å²) in [7, 11) is -1.90. The highest BCUT2D eigenvalue weighted by Crippen LogP contribution is 2.21. The number of carboxylic acid groups (broad SMARTS) is 1. The van der Waals surface area contributed by atoms with Crippen LogP contribution in [0.15, 0.2) is 23.2 Å². The normalized spacial score (nSPS) is 16.6. The van der Waals surface area contributed by atoms with E-state index in [4.69, 9.17) is 5.11 Å². The van der Waals surface area contributed by atoms with Gasteiger partial charge in [0, 0.05) is 26.3 Å². The van der Waals surface area contributed by atoms with Gasteiger partial charge >= 0.3 is 5.97 Å². The van der Waals surface area contributed by atoms with Crippen molar-refractivity contribution >= 4 is 21.8 Å². The summed E-state index contributed by atoms with van der Waals surface area (Å²) in [5.41, 5.74) is 0.